The highest BCUT2D eigenvalue weighted by Gasteiger charge is 2.35. The molecular formula is C9H14N4O4. The SMILES string of the molecule is CNC(=O)CC1NC(=O)C(CC(N)=O)NC1=O. The van der Waals surface area contributed by atoms with Gasteiger partial charge in [-0.15, -0.1) is 0 Å². The lowest BCUT2D eigenvalue weighted by molar-refractivity contribution is -0.139. The number of nitrogens with two attached hydrogens (primary N) is 1. The monoisotopic (exact) mass is 242 g/mol. The van der Waals surface area contributed by atoms with Gasteiger partial charge in [-0.2, -0.15) is 0 Å². The zero-order valence-corrected chi connectivity index (χ0v) is 9.28. The Labute approximate surface area is 97.3 Å². The molecule has 4 amide bonds. The Kier molecular flexibility index (Phi) is 4.02. The van der Waals surface area contributed by atoms with Crippen molar-refractivity contribution < 1.29 is 19.2 Å². The molecule has 0 spiro atoms. The van der Waals surface area contributed by atoms with E-state index in [-0.39, 0.29) is 18.7 Å². The standard InChI is InChI=1S/C9H14N4O4/c1-11-7(15)3-5-9(17)12-4(2-6(10)14)8(16)13-5/h4-5H,2-3H2,1H3,(H2,10,14)(H,11,15)(H,12,17)(H,13,16). The van der Waals surface area contributed by atoms with Gasteiger partial charge in [0.1, 0.15) is 12.1 Å². The maximum absolute atomic E-state index is 11.5. The van der Waals surface area contributed by atoms with Crippen LogP contribution in [-0.2, 0) is 19.2 Å². The normalized spacial score (nSPS) is 23.6. The zero-order chi connectivity index (χ0) is 13.0. The molecule has 0 saturated carbocycles. The van der Waals surface area contributed by atoms with Gasteiger partial charge in [0.05, 0.1) is 12.8 Å². The minimum Gasteiger partial charge on any atom is -0.370 e. The molecule has 0 aromatic carbocycles. The molecule has 5 N–H and O–H groups in total. The molecule has 1 heterocycles. The van der Waals surface area contributed by atoms with Crippen LogP contribution in [0.25, 0.3) is 0 Å². The van der Waals surface area contributed by atoms with Crippen molar-refractivity contribution in [2.75, 3.05) is 7.05 Å². The summed E-state index contributed by atoms with van der Waals surface area (Å²) in [6, 6.07) is -1.87. The van der Waals surface area contributed by atoms with E-state index in [9.17, 15) is 19.2 Å². The summed E-state index contributed by atoms with van der Waals surface area (Å²) in [4.78, 5) is 44.7. The Bertz CT molecular complexity index is 368. The van der Waals surface area contributed by atoms with E-state index < -0.39 is 29.8 Å². The zero-order valence-electron chi connectivity index (χ0n) is 9.28. The quantitative estimate of drug-likeness (QED) is 0.418. The highest BCUT2D eigenvalue weighted by Crippen LogP contribution is 2.04. The number of nitrogens with one attached hydrogen (secondary N) is 3. The molecule has 8 heteroatoms. The molecule has 1 saturated heterocycles. The predicted molar refractivity (Wildman–Crippen MR) is 56.4 cm³/mol. The van der Waals surface area contributed by atoms with Crippen LogP contribution >= 0.6 is 0 Å². The predicted octanol–water partition coefficient (Wildman–Crippen LogP) is -3.02. The van der Waals surface area contributed by atoms with E-state index in [1.54, 1.807) is 0 Å². The van der Waals surface area contributed by atoms with Crippen molar-refractivity contribution in [1.29, 1.82) is 0 Å². The van der Waals surface area contributed by atoms with Crippen LogP contribution in [0.2, 0.25) is 0 Å². The van der Waals surface area contributed by atoms with E-state index in [0.717, 1.165) is 0 Å². The van der Waals surface area contributed by atoms with Crippen LogP contribution in [0.5, 0.6) is 0 Å². The molecule has 8 nitrogen and oxygen atoms in total. The number of amides is 4. The Morgan fingerprint density at radius 3 is 2.06 bits per heavy atom. The smallest absolute Gasteiger partial charge is 0.243 e. The molecule has 2 unspecified atom stereocenters. The molecule has 94 valence electrons. The van der Waals surface area contributed by atoms with Gasteiger partial charge in [0.2, 0.25) is 23.6 Å². The summed E-state index contributed by atoms with van der Waals surface area (Å²) in [6.07, 6.45) is -0.401. The first-order valence-corrected chi connectivity index (χ1v) is 5.03. The first-order chi connectivity index (χ1) is 7.93. The van der Waals surface area contributed by atoms with Crippen molar-refractivity contribution in [3.63, 3.8) is 0 Å². The van der Waals surface area contributed by atoms with E-state index in [4.69, 9.17) is 5.73 Å². The molecule has 0 aromatic heterocycles. The number of piperazine rings is 1. The highest BCUT2D eigenvalue weighted by molar-refractivity contribution is 6.00. The number of hydrogen-bond acceptors (Lipinski definition) is 4. The van der Waals surface area contributed by atoms with Gasteiger partial charge in [-0.1, -0.05) is 0 Å². The van der Waals surface area contributed by atoms with Gasteiger partial charge in [-0.3, -0.25) is 19.2 Å². The number of hydrogen-bond donors (Lipinski definition) is 4. The topological polar surface area (TPSA) is 130 Å². The first-order valence-electron chi connectivity index (χ1n) is 5.03. The summed E-state index contributed by atoms with van der Waals surface area (Å²) in [7, 11) is 1.43. The van der Waals surface area contributed by atoms with E-state index >= 15 is 0 Å². The van der Waals surface area contributed by atoms with Crippen molar-refractivity contribution in [2.24, 2.45) is 5.73 Å². The summed E-state index contributed by atoms with van der Waals surface area (Å²) in [5.41, 5.74) is 4.93. The third kappa shape index (κ3) is 3.44. The maximum Gasteiger partial charge on any atom is 0.243 e. The molecular weight excluding hydrogens is 228 g/mol. The summed E-state index contributed by atoms with van der Waals surface area (Å²) >= 11 is 0. The molecule has 1 fully saturated rings. The molecule has 0 bridgehead atoms. The van der Waals surface area contributed by atoms with Crippen molar-refractivity contribution in [1.82, 2.24) is 16.0 Å². The summed E-state index contributed by atoms with van der Waals surface area (Å²) in [6.45, 7) is 0. The fourth-order valence-corrected chi connectivity index (χ4v) is 1.45. The minimum absolute atomic E-state index is 0.142. The number of carbonyl (C=O) groups is 4. The van der Waals surface area contributed by atoms with E-state index in [1.807, 2.05) is 0 Å². The van der Waals surface area contributed by atoms with Crippen LogP contribution in [0.4, 0.5) is 0 Å². The van der Waals surface area contributed by atoms with Crippen LogP contribution in [0, 0.1) is 0 Å². The van der Waals surface area contributed by atoms with Crippen molar-refractivity contribution in [2.45, 2.75) is 24.9 Å². The number of rotatable bonds is 4. The van der Waals surface area contributed by atoms with E-state index in [1.165, 1.54) is 7.05 Å². The van der Waals surface area contributed by atoms with Crippen LogP contribution in [0.3, 0.4) is 0 Å². The summed E-state index contributed by atoms with van der Waals surface area (Å²) < 4.78 is 0. The first kappa shape index (κ1) is 12.9. The fraction of sp³-hybridized carbons (Fsp3) is 0.556. The maximum atomic E-state index is 11.5. The van der Waals surface area contributed by atoms with Gasteiger partial charge in [-0.25, -0.2) is 0 Å². The molecule has 1 rings (SSSR count). The van der Waals surface area contributed by atoms with Crippen molar-refractivity contribution >= 4 is 23.6 Å². The van der Waals surface area contributed by atoms with Gasteiger partial charge < -0.3 is 21.7 Å². The Hall–Kier alpha value is -2.12. The van der Waals surface area contributed by atoms with Crippen LogP contribution in [0.15, 0.2) is 0 Å². The Morgan fingerprint density at radius 1 is 1.18 bits per heavy atom. The Balaban J connectivity index is 2.61. The van der Waals surface area contributed by atoms with E-state index in [2.05, 4.69) is 16.0 Å². The second-order valence-corrected chi connectivity index (χ2v) is 3.67. The number of carbonyl (C=O) groups excluding carboxylic acids is 4. The van der Waals surface area contributed by atoms with E-state index in [0.29, 0.717) is 0 Å². The molecule has 0 aromatic rings. The lowest BCUT2D eigenvalue weighted by atomic mass is 10.0. The van der Waals surface area contributed by atoms with Crippen molar-refractivity contribution in [3.05, 3.63) is 0 Å². The third-order valence-electron chi connectivity index (χ3n) is 2.34. The van der Waals surface area contributed by atoms with Crippen LogP contribution in [0.1, 0.15) is 12.8 Å². The second-order valence-electron chi connectivity index (χ2n) is 3.67. The molecule has 0 radical (unpaired) electrons. The molecule has 17 heavy (non-hydrogen) atoms. The molecule has 1 aliphatic rings. The second kappa shape index (κ2) is 5.28. The van der Waals surface area contributed by atoms with Crippen molar-refractivity contribution in [3.8, 4) is 0 Å². The average molecular weight is 242 g/mol. The molecule has 0 aliphatic carbocycles. The van der Waals surface area contributed by atoms with Gasteiger partial charge >= 0.3 is 0 Å². The number of primary amides is 1. The van der Waals surface area contributed by atoms with Gasteiger partial charge in [0.15, 0.2) is 0 Å². The highest BCUT2D eigenvalue weighted by atomic mass is 16.2. The van der Waals surface area contributed by atoms with Gasteiger partial charge in [-0.05, 0) is 0 Å². The fourth-order valence-electron chi connectivity index (χ4n) is 1.45. The Morgan fingerprint density at radius 2 is 1.65 bits per heavy atom. The minimum atomic E-state index is -0.957. The molecule has 1 aliphatic heterocycles. The molecule has 2 atom stereocenters. The van der Waals surface area contributed by atoms with Gasteiger partial charge in [0.25, 0.3) is 0 Å². The lowest BCUT2D eigenvalue weighted by Crippen LogP contribution is -2.63. The largest absolute Gasteiger partial charge is 0.370 e. The van der Waals surface area contributed by atoms with Crippen LogP contribution < -0.4 is 21.7 Å². The third-order valence-corrected chi connectivity index (χ3v) is 2.34. The lowest BCUT2D eigenvalue weighted by Gasteiger charge is -2.28. The summed E-state index contributed by atoms with van der Waals surface area (Å²) in [5.74, 6) is -2.06. The van der Waals surface area contributed by atoms with Crippen LogP contribution in [-0.4, -0.2) is 42.8 Å². The summed E-state index contributed by atoms with van der Waals surface area (Å²) in [5, 5.41) is 7.06. The van der Waals surface area contributed by atoms with Gasteiger partial charge in [0, 0.05) is 7.05 Å². The average Bonchev–Trinajstić information content (AvgIpc) is 2.24.